The first-order chi connectivity index (χ1) is 11.6. The molecule has 0 spiro atoms. The minimum absolute atomic E-state index is 0.0519. The van der Waals surface area contributed by atoms with Gasteiger partial charge >= 0.3 is 0 Å². The molecule has 0 bridgehead atoms. The van der Waals surface area contributed by atoms with Gasteiger partial charge in [-0.2, -0.15) is 0 Å². The molecule has 1 aliphatic heterocycles. The lowest BCUT2D eigenvalue weighted by Gasteiger charge is -2.16. The maximum Gasteiger partial charge on any atom is 0.288 e. The number of pyridine rings is 1. The molecule has 1 aliphatic rings. The zero-order chi connectivity index (χ0) is 16.9. The quantitative estimate of drug-likeness (QED) is 0.832. The third kappa shape index (κ3) is 3.40. The zero-order valence-corrected chi connectivity index (χ0v) is 12.9. The number of nitrogens with one attached hydrogen (secondary N) is 2. The summed E-state index contributed by atoms with van der Waals surface area (Å²) in [6.07, 6.45) is 2.83. The van der Waals surface area contributed by atoms with Crippen LogP contribution < -0.4 is 15.8 Å². The van der Waals surface area contributed by atoms with Crippen molar-refractivity contribution in [2.75, 3.05) is 11.4 Å². The maximum atomic E-state index is 12.2. The Kier molecular flexibility index (Phi) is 4.51. The lowest BCUT2D eigenvalue weighted by atomic mass is 10.2. The van der Waals surface area contributed by atoms with Crippen molar-refractivity contribution in [3.8, 4) is 0 Å². The summed E-state index contributed by atoms with van der Waals surface area (Å²) in [5.41, 5.74) is 5.90. The molecule has 2 aromatic rings. The summed E-state index contributed by atoms with van der Waals surface area (Å²) >= 11 is 0. The molecular weight excluding hydrogens is 308 g/mol. The minimum atomic E-state index is -0.505. The predicted octanol–water partition coefficient (Wildman–Crippen LogP) is 1.28. The van der Waals surface area contributed by atoms with Crippen LogP contribution in [0.5, 0.6) is 0 Å². The standard InChI is InChI=1S/C17H16N4O3/c22-15-8-4-10-21(15)13-6-3-5-12(11-13)16(23)19-20-17(24)14-7-1-2-9-18-14/h1-3,5-7,9,11H,4,8,10H2,(H,19,23)(H,20,24). The molecule has 1 saturated heterocycles. The highest BCUT2D eigenvalue weighted by molar-refractivity contribution is 6.00. The summed E-state index contributed by atoms with van der Waals surface area (Å²) < 4.78 is 0. The summed E-state index contributed by atoms with van der Waals surface area (Å²) in [7, 11) is 0. The molecule has 3 amide bonds. The van der Waals surface area contributed by atoms with Gasteiger partial charge in [0.05, 0.1) is 0 Å². The number of carbonyl (C=O) groups is 3. The molecular formula is C17H16N4O3. The summed E-state index contributed by atoms with van der Waals surface area (Å²) in [5.74, 6) is -0.918. The van der Waals surface area contributed by atoms with Gasteiger partial charge in [0.1, 0.15) is 5.69 Å². The van der Waals surface area contributed by atoms with E-state index in [1.54, 1.807) is 47.4 Å². The second-order valence-electron chi connectivity index (χ2n) is 5.32. The van der Waals surface area contributed by atoms with Crippen molar-refractivity contribution in [1.29, 1.82) is 0 Å². The average Bonchev–Trinajstić information content (AvgIpc) is 3.06. The molecule has 24 heavy (non-hydrogen) atoms. The normalized spacial score (nSPS) is 13.7. The number of hydrazine groups is 1. The summed E-state index contributed by atoms with van der Waals surface area (Å²) in [6.45, 7) is 0.653. The van der Waals surface area contributed by atoms with Gasteiger partial charge in [-0.25, -0.2) is 0 Å². The highest BCUT2D eigenvalue weighted by Crippen LogP contribution is 2.22. The van der Waals surface area contributed by atoms with Gasteiger partial charge in [-0.15, -0.1) is 0 Å². The van der Waals surface area contributed by atoms with Gasteiger partial charge in [0.15, 0.2) is 0 Å². The van der Waals surface area contributed by atoms with Crippen molar-refractivity contribution in [1.82, 2.24) is 15.8 Å². The van der Waals surface area contributed by atoms with Gasteiger partial charge in [-0.1, -0.05) is 12.1 Å². The van der Waals surface area contributed by atoms with Crippen LogP contribution in [0.3, 0.4) is 0 Å². The van der Waals surface area contributed by atoms with Crippen LogP contribution >= 0.6 is 0 Å². The highest BCUT2D eigenvalue weighted by atomic mass is 16.2. The molecule has 1 aromatic carbocycles. The molecule has 7 nitrogen and oxygen atoms in total. The predicted molar refractivity (Wildman–Crippen MR) is 87.2 cm³/mol. The van der Waals surface area contributed by atoms with Crippen LogP contribution in [0, 0.1) is 0 Å². The number of hydrogen-bond acceptors (Lipinski definition) is 4. The number of carbonyl (C=O) groups excluding carboxylic acids is 3. The van der Waals surface area contributed by atoms with Crippen LogP contribution in [-0.4, -0.2) is 29.3 Å². The molecule has 0 atom stereocenters. The maximum absolute atomic E-state index is 12.2. The number of amides is 3. The summed E-state index contributed by atoms with van der Waals surface area (Å²) in [4.78, 5) is 41.4. The van der Waals surface area contributed by atoms with Gasteiger partial charge in [0, 0.05) is 30.4 Å². The van der Waals surface area contributed by atoms with E-state index in [9.17, 15) is 14.4 Å². The van der Waals surface area contributed by atoms with E-state index < -0.39 is 11.8 Å². The second-order valence-corrected chi connectivity index (χ2v) is 5.32. The van der Waals surface area contributed by atoms with Gasteiger partial charge in [0.2, 0.25) is 5.91 Å². The molecule has 0 aliphatic carbocycles. The summed E-state index contributed by atoms with van der Waals surface area (Å²) in [5, 5.41) is 0. The molecule has 7 heteroatoms. The van der Waals surface area contributed by atoms with Gasteiger partial charge in [-0.3, -0.25) is 30.2 Å². The Morgan fingerprint density at radius 2 is 1.88 bits per heavy atom. The Hall–Kier alpha value is -3.22. The Morgan fingerprint density at radius 1 is 1.04 bits per heavy atom. The SMILES string of the molecule is O=C(NNC(=O)c1ccccn1)c1cccc(N2CCCC2=O)c1. The fraction of sp³-hybridized carbons (Fsp3) is 0.176. The lowest BCUT2D eigenvalue weighted by molar-refractivity contribution is -0.117. The van der Waals surface area contributed by atoms with Crippen LogP contribution in [0.1, 0.15) is 33.7 Å². The Bertz CT molecular complexity index is 776. The fourth-order valence-corrected chi connectivity index (χ4v) is 2.48. The monoisotopic (exact) mass is 324 g/mol. The van der Waals surface area contributed by atoms with Crippen LogP contribution in [0.25, 0.3) is 0 Å². The molecule has 0 unspecified atom stereocenters. The van der Waals surface area contributed by atoms with Crippen LogP contribution in [0.2, 0.25) is 0 Å². The molecule has 0 radical (unpaired) electrons. The third-order valence-corrected chi connectivity index (χ3v) is 3.68. The summed E-state index contributed by atoms with van der Waals surface area (Å²) in [6, 6.07) is 11.7. The smallest absolute Gasteiger partial charge is 0.288 e. The molecule has 1 fully saturated rings. The number of anilines is 1. The van der Waals surface area contributed by atoms with E-state index in [0.717, 1.165) is 6.42 Å². The Labute approximate surface area is 138 Å². The molecule has 1 aromatic heterocycles. The topological polar surface area (TPSA) is 91.4 Å². The highest BCUT2D eigenvalue weighted by Gasteiger charge is 2.22. The molecule has 2 heterocycles. The van der Waals surface area contributed by atoms with Crippen molar-refractivity contribution in [3.05, 3.63) is 59.9 Å². The molecule has 122 valence electrons. The van der Waals surface area contributed by atoms with E-state index in [2.05, 4.69) is 15.8 Å². The van der Waals surface area contributed by atoms with Crippen molar-refractivity contribution in [3.63, 3.8) is 0 Å². The number of hydrogen-bond donors (Lipinski definition) is 2. The van der Waals surface area contributed by atoms with Gasteiger partial charge in [-0.05, 0) is 36.8 Å². The first-order valence-corrected chi connectivity index (χ1v) is 7.57. The first kappa shape index (κ1) is 15.7. The van der Waals surface area contributed by atoms with Crippen LogP contribution in [-0.2, 0) is 4.79 Å². The van der Waals surface area contributed by atoms with Crippen molar-refractivity contribution in [2.24, 2.45) is 0 Å². The third-order valence-electron chi connectivity index (χ3n) is 3.68. The minimum Gasteiger partial charge on any atom is -0.312 e. The van der Waals surface area contributed by atoms with E-state index >= 15 is 0 Å². The zero-order valence-electron chi connectivity index (χ0n) is 12.9. The van der Waals surface area contributed by atoms with E-state index in [4.69, 9.17) is 0 Å². The van der Waals surface area contributed by atoms with Crippen molar-refractivity contribution >= 4 is 23.4 Å². The Morgan fingerprint density at radius 3 is 2.58 bits per heavy atom. The largest absolute Gasteiger partial charge is 0.312 e. The number of benzene rings is 1. The number of rotatable bonds is 3. The number of aromatic nitrogens is 1. The van der Waals surface area contributed by atoms with Crippen LogP contribution in [0.15, 0.2) is 48.7 Å². The van der Waals surface area contributed by atoms with Gasteiger partial charge in [0.25, 0.3) is 11.8 Å². The fourth-order valence-electron chi connectivity index (χ4n) is 2.48. The van der Waals surface area contributed by atoms with Crippen LogP contribution in [0.4, 0.5) is 5.69 Å². The average molecular weight is 324 g/mol. The molecule has 3 rings (SSSR count). The van der Waals surface area contributed by atoms with Gasteiger partial charge < -0.3 is 4.90 Å². The second kappa shape index (κ2) is 6.91. The van der Waals surface area contributed by atoms with E-state index in [1.165, 1.54) is 6.20 Å². The Balaban J connectivity index is 1.65. The molecule has 2 N–H and O–H groups in total. The number of nitrogens with zero attached hydrogens (tertiary/aromatic N) is 2. The van der Waals surface area contributed by atoms with E-state index in [0.29, 0.717) is 24.2 Å². The van der Waals surface area contributed by atoms with E-state index in [1.807, 2.05) is 0 Å². The lowest BCUT2D eigenvalue weighted by Crippen LogP contribution is -2.42. The van der Waals surface area contributed by atoms with Crippen molar-refractivity contribution < 1.29 is 14.4 Å². The van der Waals surface area contributed by atoms with Crippen molar-refractivity contribution in [2.45, 2.75) is 12.8 Å². The van der Waals surface area contributed by atoms with E-state index in [-0.39, 0.29) is 11.6 Å². The molecule has 0 saturated carbocycles. The first-order valence-electron chi connectivity index (χ1n) is 7.57.